The first-order valence-corrected chi connectivity index (χ1v) is 9.88. The summed E-state index contributed by atoms with van der Waals surface area (Å²) in [6.45, 7) is 8.98. The van der Waals surface area contributed by atoms with Crippen LogP contribution >= 0.6 is 11.8 Å². The fraction of sp³-hybridized carbons (Fsp3) is 0.381. The molecule has 25 heavy (non-hydrogen) atoms. The fourth-order valence-corrected chi connectivity index (χ4v) is 3.46. The third-order valence-corrected chi connectivity index (χ3v) is 5.44. The molecule has 0 aliphatic heterocycles. The number of quaternary nitrogens is 1. The Kier molecular flexibility index (Phi) is 6.68. The molecular formula is C21H29N2OS+. The first-order chi connectivity index (χ1) is 11.8. The largest absolute Gasteiger partial charge is 0.324 e. The van der Waals surface area contributed by atoms with Gasteiger partial charge in [0.25, 0.3) is 5.91 Å². The van der Waals surface area contributed by atoms with Gasteiger partial charge in [0, 0.05) is 16.1 Å². The van der Waals surface area contributed by atoms with Crippen LogP contribution in [0.5, 0.6) is 0 Å². The number of likely N-dealkylation sites (N-methyl/N-ethyl adjacent to an activating group) is 1. The number of thioether (sulfide) groups is 1. The van der Waals surface area contributed by atoms with Crippen LogP contribution in [0, 0.1) is 20.8 Å². The molecule has 1 amide bonds. The van der Waals surface area contributed by atoms with E-state index < -0.39 is 0 Å². The number of aryl methyl sites for hydroxylation is 3. The molecule has 4 heteroatoms. The molecule has 0 saturated heterocycles. The second-order valence-electron chi connectivity index (χ2n) is 6.86. The number of nitrogens with one attached hydrogen (secondary N) is 2. The summed E-state index contributed by atoms with van der Waals surface area (Å²) < 4.78 is 0. The Balaban J connectivity index is 2.03. The minimum Gasteiger partial charge on any atom is -0.324 e. The normalized spacial score (nSPS) is 13.4. The zero-order valence-corrected chi connectivity index (χ0v) is 16.9. The lowest BCUT2D eigenvalue weighted by Crippen LogP contribution is -3.12. The SMILES string of the molecule is CSc1ccc(C[NH+](C)[C@@H](C)C(=O)Nc2c(C)cc(C)cc2C)cc1. The topological polar surface area (TPSA) is 33.5 Å². The van der Waals surface area contributed by atoms with Gasteiger partial charge in [-0.3, -0.25) is 4.79 Å². The standard InChI is InChI=1S/C21H28N2OS/c1-14-11-15(2)20(16(3)12-14)22-21(24)17(4)23(5)13-18-7-9-19(25-6)10-8-18/h7-12,17H,13H2,1-6H3,(H,22,24)/p+1/t17-/m0/s1. The Morgan fingerprint density at radius 2 is 1.68 bits per heavy atom. The number of carbonyl (C=O) groups excluding carboxylic acids is 1. The van der Waals surface area contributed by atoms with Crippen molar-refractivity contribution in [2.75, 3.05) is 18.6 Å². The molecule has 1 unspecified atom stereocenters. The van der Waals surface area contributed by atoms with Gasteiger partial charge in [-0.05, 0) is 57.2 Å². The first-order valence-electron chi connectivity index (χ1n) is 8.65. The Hall–Kier alpha value is -1.78. The van der Waals surface area contributed by atoms with E-state index in [-0.39, 0.29) is 11.9 Å². The van der Waals surface area contributed by atoms with E-state index >= 15 is 0 Å². The van der Waals surface area contributed by atoms with Gasteiger partial charge in [0.15, 0.2) is 6.04 Å². The van der Waals surface area contributed by atoms with Crippen LogP contribution in [-0.2, 0) is 11.3 Å². The van der Waals surface area contributed by atoms with Crippen molar-refractivity contribution in [3.8, 4) is 0 Å². The number of rotatable bonds is 6. The summed E-state index contributed by atoms with van der Waals surface area (Å²) in [4.78, 5) is 15.1. The summed E-state index contributed by atoms with van der Waals surface area (Å²) in [6, 6.07) is 12.7. The molecule has 0 bridgehead atoms. The Morgan fingerprint density at radius 3 is 2.20 bits per heavy atom. The van der Waals surface area contributed by atoms with E-state index in [1.165, 1.54) is 20.9 Å². The van der Waals surface area contributed by atoms with Crippen LogP contribution in [-0.4, -0.2) is 25.3 Å². The molecule has 134 valence electrons. The molecule has 0 spiro atoms. The van der Waals surface area contributed by atoms with Gasteiger partial charge in [-0.15, -0.1) is 11.8 Å². The van der Waals surface area contributed by atoms with Crippen LogP contribution in [0.25, 0.3) is 0 Å². The smallest absolute Gasteiger partial charge is 0.282 e. The second kappa shape index (κ2) is 8.54. The van der Waals surface area contributed by atoms with Gasteiger partial charge in [-0.1, -0.05) is 29.8 Å². The summed E-state index contributed by atoms with van der Waals surface area (Å²) in [6.07, 6.45) is 2.08. The van der Waals surface area contributed by atoms with Gasteiger partial charge in [0.05, 0.1) is 7.05 Å². The maximum absolute atomic E-state index is 12.7. The molecule has 0 aromatic heterocycles. The number of carbonyl (C=O) groups is 1. The van der Waals surface area contributed by atoms with Gasteiger partial charge in [-0.25, -0.2) is 0 Å². The average Bonchev–Trinajstić information content (AvgIpc) is 2.57. The van der Waals surface area contributed by atoms with Gasteiger partial charge in [-0.2, -0.15) is 0 Å². The van der Waals surface area contributed by atoms with Gasteiger partial charge >= 0.3 is 0 Å². The minimum atomic E-state index is -0.125. The van der Waals surface area contributed by atoms with Crippen molar-refractivity contribution in [2.45, 2.75) is 45.2 Å². The molecule has 0 aliphatic carbocycles. The summed E-state index contributed by atoms with van der Waals surface area (Å²) in [5.41, 5.74) is 5.64. The van der Waals surface area contributed by atoms with Crippen LogP contribution in [0.1, 0.15) is 29.2 Å². The number of amides is 1. The van der Waals surface area contributed by atoms with E-state index in [1.54, 1.807) is 11.8 Å². The van der Waals surface area contributed by atoms with E-state index in [1.807, 2.05) is 20.8 Å². The van der Waals surface area contributed by atoms with Gasteiger partial charge in [0.1, 0.15) is 6.54 Å². The summed E-state index contributed by atoms with van der Waals surface area (Å²) in [5.74, 6) is 0.0632. The average molecular weight is 358 g/mol. The maximum atomic E-state index is 12.7. The molecule has 0 radical (unpaired) electrons. The van der Waals surface area contributed by atoms with Crippen LogP contribution < -0.4 is 10.2 Å². The highest BCUT2D eigenvalue weighted by Gasteiger charge is 2.23. The Morgan fingerprint density at radius 1 is 1.12 bits per heavy atom. The molecule has 2 atom stereocenters. The first kappa shape index (κ1) is 19.5. The summed E-state index contributed by atoms with van der Waals surface area (Å²) >= 11 is 1.74. The predicted octanol–water partition coefficient (Wildman–Crippen LogP) is 3.38. The lowest BCUT2D eigenvalue weighted by Gasteiger charge is -2.22. The van der Waals surface area contributed by atoms with Gasteiger partial charge in [0.2, 0.25) is 0 Å². The van der Waals surface area contributed by atoms with Crippen molar-refractivity contribution >= 4 is 23.4 Å². The van der Waals surface area contributed by atoms with Crippen molar-refractivity contribution in [1.82, 2.24) is 0 Å². The summed E-state index contributed by atoms with van der Waals surface area (Å²) in [5, 5.41) is 3.13. The van der Waals surface area contributed by atoms with Crippen LogP contribution in [0.2, 0.25) is 0 Å². The Labute approximate surface area is 155 Å². The molecule has 0 fully saturated rings. The molecule has 0 heterocycles. The van der Waals surface area contributed by atoms with E-state index in [9.17, 15) is 4.79 Å². The van der Waals surface area contributed by atoms with Crippen LogP contribution in [0.4, 0.5) is 5.69 Å². The molecule has 0 saturated carbocycles. The fourth-order valence-electron chi connectivity index (χ4n) is 3.05. The number of hydrogen-bond donors (Lipinski definition) is 2. The lowest BCUT2D eigenvalue weighted by molar-refractivity contribution is -0.907. The molecule has 2 rings (SSSR count). The molecular weight excluding hydrogens is 328 g/mol. The minimum absolute atomic E-state index is 0.0632. The Bertz CT molecular complexity index is 717. The highest BCUT2D eigenvalue weighted by Crippen LogP contribution is 2.22. The van der Waals surface area contributed by atoms with Crippen molar-refractivity contribution in [2.24, 2.45) is 0 Å². The van der Waals surface area contributed by atoms with Crippen molar-refractivity contribution < 1.29 is 9.69 Å². The quantitative estimate of drug-likeness (QED) is 0.777. The second-order valence-corrected chi connectivity index (χ2v) is 7.74. The summed E-state index contributed by atoms with van der Waals surface area (Å²) in [7, 11) is 2.07. The lowest BCUT2D eigenvalue weighted by atomic mass is 10.0. The van der Waals surface area contributed by atoms with Crippen LogP contribution in [0.15, 0.2) is 41.3 Å². The highest BCUT2D eigenvalue weighted by atomic mass is 32.2. The third kappa shape index (κ3) is 5.10. The zero-order chi connectivity index (χ0) is 18.6. The van der Waals surface area contributed by atoms with E-state index in [0.29, 0.717) is 0 Å². The van der Waals surface area contributed by atoms with E-state index in [4.69, 9.17) is 0 Å². The van der Waals surface area contributed by atoms with Crippen molar-refractivity contribution in [3.05, 3.63) is 58.7 Å². The highest BCUT2D eigenvalue weighted by molar-refractivity contribution is 7.98. The third-order valence-electron chi connectivity index (χ3n) is 4.70. The van der Waals surface area contributed by atoms with Crippen molar-refractivity contribution in [1.29, 1.82) is 0 Å². The van der Waals surface area contributed by atoms with Crippen molar-refractivity contribution in [3.63, 3.8) is 0 Å². The maximum Gasteiger partial charge on any atom is 0.282 e. The monoisotopic (exact) mass is 357 g/mol. The van der Waals surface area contributed by atoms with Crippen LogP contribution in [0.3, 0.4) is 0 Å². The number of benzene rings is 2. The molecule has 2 N–H and O–H groups in total. The predicted molar refractivity (Wildman–Crippen MR) is 108 cm³/mol. The number of hydrogen-bond acceptors (Lipinski definition) is 2. The molecule has 2 aromatic carbocycles. The molecule has 2 aromatic rings. The van der Waals surface area contributed by atoms with E-state index in [2.05, 4.69) is 61.9 Å². The molecule has 3 nitrogen and oxygen atoms in total. The van der Waals surface area contributed by atoms with Gasteiger partial charge < -0.3 is 10.2 Å². The molecule has 0 aliphatic rings. The van der Waals surface area contributed by atoms with E-state index in [0.717, 1.165) is 23.4 Å². The number of anilines is 1. The zero-order valence-electron chi connectivity index (χ0n) is 16.1.